The first kappa shape index (κ1) is 19.0. The van der Waals surface area contributed by atoms with E-state index < -0.39 is 0 Å². The molecule has 4 bridgehead atoms. The zero-order chi connectivity index (χ0) is 20.3. The van der Waals surface area contributed by atoms with Crippen molar-refractivity contribution in [2.75, 3.05) is 7.11 Å². The lowest BCUT2D eigenvalue weighted by Crippen LogP contribution is -2.66. The van der Waals surface area contributed by atoms with Gasteiger partial charge in [0.2, 0.25) is 5.91 Å². The minimum Gasteiger partial charge on any atom is -0.378 e. The summed E-state index contributed by atoms with van der Waals surface area (Å²) in [6.07, 6.45) is 5.95. The summed E-state index contributed by atoms with van der Waals surface area (Å²) in [5.74, 6) is 1.30. The molecule has 29 heavy (non-hydrogen) atoms. The number of hydrogen-bond acceptors (Lipinski definition) is 4. The van der Waals surface area contributed by atoms with Crippen molar-refractivity contribution >= 4 is 16.9 Å². The molecular formula is C23H32N4O2. The molecule has 0 spiro atoms. The van der Waals surface area contributed by atoms with Crippen molar-refractivity contribution in [2.45, 2.75) is 83.0 Å². The van der Waals surface area contributed by atoms with Crippen molar-refractivity contribution in [1.29, 1.82) is 0 Å². The van der Waals surface area contributed by atoms with Crippen LogP contribution in [0.5, 0.6) is 0 Å². The van der Waals surface area contributed by atoms with Crippen LogP contribution in [0.25, 0.3) is 11.0 Å². The first-order valence-electron chi connectivity index (χ1n) is 11.1. The molecule has 3 unspecified atom stereocenters. The predicted octanol–water partition coefficient (Wildman–Crippen LogP) is 3.89. The van der Waals surface area contributed by atoms with E-state index in [-0.39, 0.29) is 17.6 Å². The molecule has 2 aliphatic carbocycles. The molecule has 4 fully saturated rings. The SMILES string of the molecule is COC12CC3CC(C1)N(C(=O)CC(C(C)C)n1nnc4c(C)cccc41)C(C3)C2. The molecule has 3 heterocycles. The molecule has 3 atom stereocenters. The molecule has 2 aliphatic heterocycles. The standard InChI is InChI=1S/C23H32N4O2/c1-14(2)20(27-19-7-5-6-15(3)22(19)24-25-27)10-21(28)26-17-8-16-9-18(26)13-23(11-16,12-17)29-4/h5-7,14,16-18,20H,8-13H2,1-4H3. The van der Waals surface area contributed by atoms with E-state index >= 15 is 0 Å². The van der Waals surface area contributed by atoms with E-state index in [0.29, 0.717) is 24.4 Å². The van der Waals surface area contributed by atoms with Crippen LogP contribution in [-0.4, -0.2) is 50.6 Å². The summed E-state index contributed by atoms with van der Waals surface area (Å²) in [5, 5.41) is 8.87. The highest BCUT2D eigenvalue weighted by atomic mass is 16.5. The fraction of sp³-hybridized carbons (Fsp3) is 0.696. The number of aromatic nitrogens is 3. The molecule has 4 aliphatic rings. The predicted molar refractivity (Wildman–Crippen MR) is 111 cm³/mol. The Labute approximate surface area is 172 Å². The minimum atomic E-state index is 0.0165. The average Bonchev–Trinajstić information content (AvgIpc) is 3.10. The number of benzene rings is 1. The maximum atomic E-state index is 13.6. The summed E-state index contributed by atoms with van der Waals surface area (Å²) in [7, 11) is 1.85. The molecular weight excluding hydrogens is 364 g/mol. The molecule has 6 heteroatoms. The van der Waals surface area contributed by atoms with Gasteiger partial charge in [-0.1, -0.05) is 31.2 Å². The number of piperidine rings is 2. The second-order valence-electron chi connectivity index (χ2n) is 9.94. The Morgan fingerprint density at radius 1 is 1.24 bits per heavy atom. The highest BCUT2D eigenvalue weighted by Gasteiger charge is 2.56. The van der Waals surface area contributed by atoms with Crippen molar-refractivity contribution < 1.29 is 9.53 Å². The van der Waals surface area contributed by atoms with E-state index in [1.165, 1.54) is 6.42 Å². The van der Waals surface area contributed by atoms with Gasteiger partial charge in [0, 0.05) is 25.6 Å². The van der Waals surface area contributed by atoms with Crippen LogP contribution in [0.2, 0.25) is 0 Å². The van der Waals surface area contributed by atoms with Gasteiger partial charge in [0.15, 0.2) is 0 Å². The van der Waals surface area contributed by atoms with Gasteiger partial charge in [0.25, 0.3) is 0 Å². The second-order valence-corrected chi connectivity index (χ2v) is 9.94. The fourth-order valence-corrected chi connectivity index (χ4v) is 6.45. The Morgan fingerprint density at radius 3 is 2.62 bits per heavy atom. The largest absolute Gasteiger partial charge is 0.378 e. The number of carbonyl (C=O) groups is 1. The molecule has 156 valence electrons. The van der Waals surface area contributed by atoms with Crippen LogP contribution in [-0.2, 0) is 9.53 Å². The van der Waals surface area contributed by atoms with Crippen LogP contribution in [0.3, 0.4) is 0 Å². The summed E-state index contributed by atoms with van der Waals surface area (Å²) in [5.41, 5.74) is 3.10. The summed E-state index contributed by atoms with van der Waals surface area (Å²) in [6, 6.07) is 6.87. The van der Waals surface area contributed by atoms with Crippen LogP contribution in [0.4, 0.5) is 0 Å². The Kier molecular flexibility index (Phi) is 4.46. The molecule has 2 saturated carbocycles. The smallest absolute Gasteiger partial charge is 0.225 e. The summed E-state index contributed by atoms with van der Waals surface area (Å²) >= 11 is 0. The summed E-state index contributed by atoms with van der Waals surface area (Å²) in [6.45, 7) is 6.41. The van der Waals surface area contributed by atoms with Gasteiger partial charge in [-0.3, -0.25) is 4.79 Å². The number of hydrogen-bond donors (Lipinski definition) is 0. The van der Waals surface area contributed by atoms with Gasteiger partial charge >= 0.3 is 0 Å². The van der Waals surface area contributed by atoms with Gasteiger partial charge in [-0.25, -0.2) is 4.68 Å². The highest BCUT2D eigenvalue weighted by molar-refractivity contribution is 5.80. The van der Waals surface area contributed by atoms with Crippen molar-refractivity contribution in [1.82, 2.24) is 19.9 Å². The number of aryl methyl sites for hydroxylation is 1. The minimum absolute atomic E-state index is 0.0165. The van der Waals surface area contributed by atoms with E-state index in [2.05, 4.69) is 48.1 Å². The van der Waals surface area contributed by atoms with Crippen molar-refractivity contribution in [3.63, 3.8) is 0 Å². The number of amides is 1. The molecule has 6 nitrogen and oxygen atoms in total. The third kappa shape index (κ3) is 2.98. The van der Waals surface area contributed by atoms with Crippen molar-refractivity contribution in [3.05, 3.63) is 23.8 Å². The molecule has 2 aromatic rings. The van der Waals surface area contributed by atoms with Crippen LogP contribution >= 0.6 is 0 Å². The van der Waals surface area contributed by atoms with Gasteiger partial charge in [0.05, 0.1) is 17.2 Å². The van der Waals surface area contributed by atoms with Crippen LogP contribution in [0.1, 0.15) is 64.0 Å². The van der Waals surface area contributed by atoms with E-state index in [0.717, 1.165) is 48.2 Å². The molecule has 2 saturated heterocycles. The van der Waals surface area contributed by atoms with Crippen molar-refractivity contribution in [2.24, 2.45) is 11.8 Å². The number of nitrogens with zero attached hydrogens (tertiary/aromatic N) is 4. The lowest BCUT2D eigenvalue weighted by Gasteiger charge is -2.61. The molecule has 1 aromatic heterocycles. The number of rotatable bonds is 5. The molecule has 0 radical (unpaired) electrons. The van der Waals surface area contributed by atoms with Crippen LogP contribution in [0.15, 0.2) is 18.2 Å². The number of carbonyl (C=O) groups excluding carboxylic acids is 1. The summed E-state index contributed by atoms with van der Waals surface area (Å²) < 4.78 is 7.94. The summed E-state index contributed by atoms with van der Waals surface area (Å²) in [4.78, 5) is 15.8. The monoisotopic (exact) mass is 396 g/mol. The maximum absolute atomic E-state index is 13.6. The number of ether oxygens (including phenoxy) is 1. The lowest BCUT2D eigenvalue weighted by atomic mass is 9.61. The van der Waals surface area contributed by atoms with Gasteiger partial charge in [-0.05, 0) is 62.5 Å². The Morgan fingerprint density at radius 2 is 1.97 bits per heavy atom. The molecule has 0 N–H and O–H groups in total. The molecule has 1 amide bonds. The quantitative estimate of drug-likeness (QED) is 0.769. The maximum Gasteiger partial charge on any atom is 0.225 e. The van der Waals surface area contributed by atoms with Gasteiger partial charge < -0.3 is 9.64 Å². The molecule has 1 aromatic carbocycles. The first-order chi connectivity index (χ1) is 13.9. The average molecular weight is 397 g/mol. The first-order valence-corrected chi connectivity index (χ1v) is 11.1. The topological polar surface area (TPSA) is 60.2 Å². The fourth-order valence-electron chi connectivity index (χ4n) is 6.45. The third-order valence-corrected chi connectivity index (χ3v) is 7.77. The zero-order valence-corrected chi connectivity index (χ0v) is 18.0. The number of fused-ring (bicyclic) bond motifs is 1. The van der Waals surface area contributed by atoms with Gasteiger partial charge in [0.1, 0.15) is 5.52 Å². The van der Waals surface area contributed by atoms with Crippen LogP contribution < -0.4 is 0 Å². The van der Waals surface area contributed by atoms with E-state index in [9.17, 15) is 4.79 Å². The zero-order valence-electron chi connectivity index (χ0n) is 18.0. The van der Waals surface area contributed by atoms with Crippen LogP contribution in [0, 0.1) is 18.8 Å². The third-order valence-electron chi connectivity index (χ3n) is 7.77. The van der Waals surface area contributed by atoms with E-state index in [1.807, 2.05) is 17.9 Å². The normalized spacial score (nSPS) is 31.8. The van der Waals surface area contributed by atoms with E-state index in [1.54, 1.807) is 0 Å². The van der Waals surface area contributed by atoms with E-state index in [4.69, 9.17) is 4.74 Å². The number of methoxy groups -OCH3 is 1. The van der Waals surface area contributed by atoms with Gasteiger partial charge in [-0.15, -0.1) is 5.10 Å². The highest BCUT2D eigenvalue weighted by Crippen LogP contribution is 2.53. The Balaban J connectivity index is 1.41. The van der Waals surface area contributed by atoms with Crippen molar-refractivity contribution in [3.8, 4) is 0 Å². The Hall–Kier alpha value is -1.95. The lowest BCUT2D eigenvalue weighted by molar-refractivity contribution is -0.184. The second kappa shape index (κ2) is 6.79. The van der Waals surface area contributed by atoms with Gasteiger partial charge in [-0.2, -0.15) is 0 Å². The molecule has 6 rings (SSSR count). The Bertz CT molecular complexity index is 920.